The lowest BCUT2D eigenvalue weighted by Gasteiger charge is -2.52. The molecule has 5 N–H and O–H groups in total. The molecule has 15 atom stereocenters. The standard InChI is InChI=1S/C29H44Cl3NO15/c1-7-8-39-23-14(33-26(38)29(30,31)32)20(19-13(43-23)10-40-27(3,4)46-19)45-25-22-21(47-28(5,6)48-22)18(11(2)41-25)44-24-17(37)16(36)15(35)12(9-34)42-24/h7,11-25,34-37H,1,8-10H2,2-6H3,(H,33,38)/t11-,12+,13+,14+,15+,16-,17+,18-,19+,20+,21+,22+,23+,24+,25-/m0/s1. The van der Waals surface area contributed by atoms with E-state index in [1.165, 1.54) is 6.08 Å². The Morgan fingerprint density at radius 2 is 1.54 bits per heavy atom. The summed E-state index contributed by atoms with van der Waals surface area (Å²) in [5.74, 6) is -3.22. The van der Waals surface area contributed by atoms with Crippen molar-refractivity contribution < 1.29 is 72.6 Å². The molecule has 0 aliphatic carbocycles. The molecule has 5 saturated heterocycles. The lowest BCUT2D eigenvalue weighted by Crippen LogP contribution is -2.71. The van der Waals surface area contributed by atoms with E-state index in [-0.39, 0.29) is 13.2 Å². The summed E-state index contributed by atoms with van der Waals surface area (Å²) < 4.78 is 59.0. The first kappa shape index (κ1) is 38.7. The van der Waals surface area contributed by atoms with Crippen LogP contribution in [0.3, 0.4) is 0 Å². The van der Waals surface area contributed by atoms with E-state index < -0.39 is 120 Å². The average molecular weight is 753 g/mol. The van der Waals surface area contributed by atoms with Crippen molar-refractivity contribution in [1.82, 2.24) is 5.32 Å². The number of carbonyl (C=O) groups excluding carboxylic acids is 1. The highest BCUT2D eigenvalue weighted by molar-refractivity contribution is 6.76. The number of ether oxygens (including phenoxy) is 10. The van der Waals surface area contributed by atoms with Crippen LogP contribution in [0.4, 0.5) is 0 Å². The van der Waals surface area contributed by atoms with Crippen LogP contribution in [0.1, 0.15) is 34.6 Å². The number of carbonyl (C=O) groups is 1. The topological polar surface area (TPSA) is 202 Å². The number of hydrogen-bond acceptors (Lipinski definition) is 15. The molecule has 0 bridgehead atoms. The van der Waals surface area contributed by atoms with Crippen molar-refractivity contribution in [2.75, 3.05) is 19.8 Å². The predicted octanol–water partition coefficient (Wildman–Crippen LogP) is -0.244. The minimum absolute atomic E-state index is 0.0336. The Morgan fingerprint density at radius 1 is 0.896 bits per heavy atom. The predicted molar refractivity (Wildman–Crippen MR) is 164 cm³/mol. The second kappa shape index (κ2) is 14.9. The van der Waals surface area contributed by atoms with Crippen molar-refractivity contribution in [2.24, 2.45) is 0 Å². The van der Waals surface area contributed by atoms with Crippen LogP contribution in [0.15, 0.2) is 12.7 Å². The molecule has 0 aromatic rings. The molecule has 0 radical (unpaired) electrons. The molecule has 16 nitrogen and oxygen atoms in total. The van der Waals surface area contributed by atoms with Gasteiger partial charge in [-0.2, -0.15) is 0 Å². The van der Waals surface area contributed by atoms with E-state index in [2.05, 4.69) is 11.9 Å². The summed E-state index contributed by atoms with van der Waals surface area (Å²) in [4.78, 5) is 13.0. The Bertz CT molecular complexity index is 1140. The molecule has 5 rings (SSSR count). The van der Waals surface area contributed by atoms with Gasteiger partial charge in [0.05, 0.1) is 25.9 Å². The maximum atomic E-state index is 13.0. The van der Waals surface area contributed by atoms with Gasteiger partial charge in [0.1, 0.15) is 67.1 Å². The number of hydrogen-bond donors (Lipinski definition) is 5. The van der Waals surface area contributed by atoms with E-state index >= 15 is 0 Å². The molecule has 0 unspecified atom stereocenters. The molecular weight excluding hydrogens is 709 g/mol. The number of alkyl halides is 3. The fourth-order valence-corrected chi connectivity index (χ4v) is 6.54. The first-order chi connectivity index (χ1) is 22.4. The van der Waals surface area contributed by atoms with E-state index in [4.69, 9.17) is 82.2 Å². The van der Waals surface area contributed by atoms with Gasteiger partial charge in [0.2, 0.25) is 0 Å². The maximum Gasteiger partial charge on any atom is 0.272 e. The molecule has 48 heavy (non-hydrogen) atoms. The van der Waals surface area contributed by atoms with E-state index in [1.807, 2.05) is 0 Å². The number of aliphatic hydroxyl groups is 4. The molecule has 19 heteroatoms. The lowest BCUT2D eigenvalue weighted by molar-refractivity contribution is -0.393. The van der Waals surface area contributed by atoms with E-state index in [1.54, 1.807) is 34.6 Å². The molecule has 0 saturated carbocycles. The summed E-state index contributed by atoms with van der Waals surface area (Å²) in [6.45, 7) is 11.6. The smallest absolute Gasteiger partial charge is 0.272 e. The number of amides is 1. The van der Waals surface area contributed by atoms with Crippen molar-refractivity contribution in [3.8, 4) is 0 Å². The summed E-state index contributed by atoms with van der Waals surface area (Å²) >= 11 is 17.8. The average Bonchev–Trinajstić information content (AvgIpc) is 3.33. The zero-order valence-corrected chi connectivity index (χ0v) is 29.2. The van der Waals surface area contributed by atoms with Gasteiger partial charge >= 0.3 is 0 Å². The van der Waals surface area contributed by atoms with Gasteiger partial charge in [-0.25, -0.2) is 0 Å². The SMILES string of the molecule is C=CCO[C@@H]1O[C@@H]2COC(C)(C)O[C@H]2[C@H](O[C@@H]2O[C@@H](C)[C@H](O[C@H]3O[C@H](CO)[C@@H](O)[C@H](O)[C@H]3O)[C@H]3OC(C)(C)O[C@@H]23)[C@H]1NC(=O)C(Cl)(Cl)Cl. The zero-order chi connectivity index (χ0) is 35.3. The van der Waals surface area contributed by atoms with Gasteiger partial charge in [-0.3, -0.25) is 4.79 Å². The van der Waals surface area contributed by atoms with Gasteiger partial charge < -0.3 is 73.1 Å². The second-order valence-corrected chi connectivity index (χ2v) is 15.4. The molecule has 5 heterocycles. The molecule has 5 fully saturated rings. The first-order valence-corrected chi connectivity index (χ1v) is 16.7. The number of nitrogens with one attached hydrogen (secondary N) is 1. The van der Waals surface area contributed by atoms with Crippen LogP contribution >= 0.6 is 34.8 Å². The molecule has 0 aromatic carbocycles. The van der Waals surface area contributed by atoms with E-state index in [0.717, 1.165) is 0 Å². The van der Waals surface area contributed by atoms with Gasteiger partial charge in [0.15, 0.2) is 30.4 Å². The molecule has 5 aliphatic heterocycles. The van der Waals surface area contributed by atoms with Crippen LogP contribution in [-0.4, -0.2) is 154 Å². The van der Waals surface area contributed by atoms with Gasteiger partial charge in [0, 0.05) is 0 Å². The second-order valence-electron chi connectivity index (χ2n) is 13.1. The first-order valence-electron chi connectivity index (χ1n) is 15.6. The van der Waals surface area contributed by atoms with E-state index in [0.29, 0.717) is 0 Å². The number of fused-ring (bicyclic) bond motifs is 2. The van der Waals surface area contributed by atoms with Crippen LogP contribution < -0.4 is 5.32 Å². The maximum absolute atomic E-state index is 13.0. The summed E-state index contributed by atoms with van der Waals surface area (Å²) in [5.41, 5.74) is 0. The lowest BCUT2D eigenvalue weighted by atomic mass is 9.94. The highest BCUT2D eigenvalue weighted by Gasteiger charge is 2.60. The summed E-state index contributed by atoms with van der Waals surface area (Å²) in [5, 5.41) is 43.5. The molecule has 1 amide bonds. The van der Waals surface area contributed by atoms with Crippen LogP contribution in [0.5, 0.6) is 0 Å². The van der Waals surface area contributed by atoms with Crippen LogP contribution in [0.2, 0.25) is 0 Å². The summed E-state index contributed by atoms with van der Waals surface area (Å²) in [6.07, 6.45) is -14.7. The Labute approximate surface area is 292 Å². The largest absolute Gasteiger partial charge is 0.394 e. The summed E-state index contributed by atoms with van der Waals surface area (Å²) in [7, 11) is 0. The van der Waals surface area contributed by atoms with Crippen LogP contribution in [0.25, 0.3) is 0 Å². The number of aliphatic hydroxyl groups excluding tert-OH is 4. The Hall–Kier alpha value is -0.480. The quantitative estimate of drug-likeness (QED) is 0.152. The molecular formula is C29H44Cl3NO15. The van der Waals surface area contributed by atoms with Crippen LogP contribution in [-0.2, 0) is 52.2 Å². The van der Waals surface area contributed by atoms with Crippen molar-refractivity contribution in [3.63, 3.8) is 0 Å². The third-order valence-corrected chi connectivity index (χ3v) is 9.11. The Kier molecular flexibility index (Phi) is 12.0. The zero-order valence-electron chi connectivity index (χ0n) is 27.0. The monoisotopic (exact) mass is 751 g/mol. The Balaban J connectivity index is 1.44. The fraction of sp³-hybridized carbons (Fsp3) is 0.897. The van der Waals surface area contributed by atoms with Crippen molar-refractivity contribution in [3.05, 3.63) is 12.7 Å². The van der Waals surface area contributed by atoms with Crippen molar-refractivity contribution in [2.45, 2.75) is 142 Å². The highest BCUT2D eigenvalue weighted by Crippen LogP contribution is 2.43. The molecule has 276 valence electrons. The van der Waals surface area contributed by atoms with E-state index in [9.17, 15) is 25.2 Å². The third-order valence-electron chi connectivity index (χ3n) is 8.59. The van der Waals surface area contributed by atoms with Gasteiger partial charge in [-0.05, 0) is 34.6 Å². The number of halogens is 3. The molecule has 5 aliphatic rings. The van der Waals surface area contributed by atoms with Gasteiger partial charge in [-0.1, -0.05) is 40.9 Å². The third kappa shape index (κ3) is 8.26. The molecule has 0 aromatic heterocycles. The fourth-order valence-electron chi connectivity index (χ4n) is 6.38. The number of rotatable bonds is 9. The highest BCUT2D eigenvalue weighted by atomic mass is 35.6. The normalized spacial score (nSPS) is 45.5. The van der Waals surface area contributed by atoms with Crippen molar-refractivity contribution in [1.29, 1.82) is 0 Å². The van der Waals surface area contributed by atoms with Gasteiger partial charge in [-0.15, -0.1) is 6.58 Å². The summed E-state index contributed by atoms with van der Waals surface area (Å²) in [6, 6.07) is -1.13. The minimum atomic E-state index is -2.34. The molecule has 0 spiro atoms. The van der Waals surface area contributed by atoms with Crippen molar-refractivity contribution >= 4 is 40.7 Å². The van der Waals surface area contributed by atoms with Crippen LogP contribution in [0, 0.1) is 0 Å². The van der Waals surface area contributed by atoms with Gasteiger partial charge in [0.25, 0.3) is 9.70 Å². The Morgan fingerprint density at radius 3 is 2.19 bits per heavy atom. The minimum Gasteiger partial charge on any atom is -0.394 e.